The van der Waals surface area contributed by atoms with Gasteiger partial charge in [-0.1, -0.05) is 18.2 Å². The maximum absolute atomic E-state index is 14.6. The number of nitrogens with one attached hydrogen (secondary N) is 2. The van der Waals surface area contributed by atoms with Gasteiger partial charge in [-0.25, -0.2) is 17.8 Å². The lowest BCUT2D eigenvalue weighted by Gasteiger charge is -2.30. The van der Waals surface area contributed by atoms with Crippen LogP contribution in [0.25, 0.3) is 0 Å². The van der Waals surface area contributed by atoms with E-state index in [1.54, 1.807) is 36.4 Å². The molecule has 1 aliphatic heterocycles. The zero-order valence-corrected chi connectivity index (χ0v) is 20.0. The molecule has 0 radical (unpaired) electrons. The quantitative estimate of drug-likeness (QED) is 0.406. The fourth-order valence-corrected chi connectivity index (χ4v) is 4.60. The molecule has 0 amide bonds. The van der Waals surface area contributed by atoms with Crippen molar-refractivity contribution in [3.63, 3.8) is 0 Å². The van der Waals surface area contributed by atoms with Crippen LogP contribution in [0.3, 0.4) is 0 Å². The van der Waals surface area contributed by atoms with Crippen LogP contribution in [0.5, 0.6) is 5.75 Å². The smallest absolute Gasteiger partial charge is 0.232 e. The van der Waals surface area contributed by atoms with Gasteiger partial charge >= 0.3 is 0 Å². The number of benzene rings is 2. The molecule has 0 spiro atoms. The highest BCUT2D eigenvalue weighted by molar-refractivity contribution is 7.92. The van der Waals surface area contributed by atoms with Crippen LogP contribution < -0.4 is 14.9 Å². The largest absolute Gasteiger partial charge is 0.508 e. The molecule has 0 saturated carbocycles. The molecule has 0 unspecified atom stereocenters. The second kappa shape index (κ2) is 10.8. The van der Waals surface area contributed by atoms with Crippen LogP contribution in [-0.4, -0.2) is 74.0 Å². The minimum absolute atomic E-state index is 0.0577. The molecule has 4 rings (SSSR count). The van der Waals surface area contributed by atoms with Crippen LogP contribution in [-0.2, 0) is 14.8 Å². The molecule has 3 aromatic rings. The highest BCUT2D eigenvalue weighted by Crippen LogP contribution is 2.31. The van der Waals surface area contributed by atoms with Gasteiger partial charge in [0.1, 0.15) is 5.75 Å². The molecule has 1 aliphatic rings. The molecular formula is C23H27FN6O4S. The standard InChI is InChI=1S/C23H27FN6O4S/c1-35(32,33)30(10-9-29-11-13-34-14-12-29)21-8-3-2-7-20(21)27-22-19(24)16-25-23(28-22)26-17-5-4-6-18(31)15-17/h2-8,15-16,31H,9-14H2,1H3,(H2,25,26,27,28). The third-order valence-electron chi connectivity index (χ3n) is 5.40. The molecule has 10 nitrogen and oxygen atoms in total. The molecule has 1 saturated heterocycles. The van der Waals surface area contributed by atoms with Crippen LogP contribution in [0.4, 0.5) is 33.2 Å². The van der Waals surface area contributed by atoms with E-state index in [0.717, 1.165) is 25.5 Å². The fourth-order valence-electron chi connectivity index (χ4n) is 3.67. The van der Waals surface area contributed by atoms with Crippen molar-refractivity contribution < 1.29 is 22.7 Å². The average molecular weight is 503 g/mol. The van der Waals surface area contributed by atoms with Crippen LogP contribution in [0.15, 0.2) is 54.7 Å². The van der Waals surface area contributed by atoms with E-state index in [9.17, 15) is 17.9 Å². The van der Waals surface area contributed by atoms with E-state index in [4.69, 9.17) is 4.74 Å². The normalized spacial score (nSPS) is 14.5. The maximum atomic E-state index is 14.6. The van der Waals surface area contributed by atoms with Crippen molar-refractivity contribution in [2.75, 3.05) is 60.6 Å². The molecule has 0 atom stereocenters. The molecule has 1 fully saturated rings. The van der Waals surface area contributed by atoms with Gasteiger partial charge in [0.2, 0.25) is 16.0 Å². The third-order valence-corrected chi connectivity index (χ3v) is 6.58. The van der Waals surface area contributed by atoms with Crippen LogP contribution >= 0.6 is 0 Å². The predicted molar refractivity (Wildman–Crippen MR) is 133 cm³/mol. The summed E-state index contributed by atoms with van der Waals surface area (Å²) in [5.74, 6) is -0.677. The zero-order valence-electron chi connectivity index (χ0n) is 19.2. The number of anilines is 5. The molecule has 0 aliphatic carbocycles. The Morgan fingerprint density at radius 1 is 1.14 bits per heavy atom. The minimum atomic E-state index is -3.62. The summed E-state index contributed by atoms with van der Waals surface area (Å²) in [6.45, 7) is 3.46. The Labute approximate surface area is 203 Å². The molecule has 0 bridgehead atoms. The first-order chi connectivity index (χ1) is 16.8. The van der Waals surface area contributed by atoms with Crippen molar-refractivity contribution in [3.05, 3.63) is 60.5 Å². The van der Waals surface area contributed by atoms with Crippen LogP contribution in [0, 0.1) is 5.82 Å². The maximum Gasteiger partial charge on any atom is 0.232 e. The van der Waals surface area contributed by atoms with Crippen molar-refractivity contribution in [3.8, 4) is 5.75 Å². The number of aromatic nitrogens is 2. The Morgan fingerprint density at radius 3 is 2.66 bits per heavy atom. The Bertz CT molecular complexity index is 1270. The van der Waals surface area contributed by atoms with Gasteiger partial charge in [0, 0.05) is 37.9 Å². The number of hydrogen-bond donors (Lipinski definition) is 3. The lowest BCUT2D eigenvalue weighted by Crippen LogP contribution is -2.43. The third kappa shape index (κ3) is 6.56. The SMILES string of the molecule is CS(=O)(=O)N(CCN1CCOCC1)c1ccccc1Nc1nc(Nc2cccc(O)c2)ncc1F. The summed E-state index contributed by atoms with van der Waals surface area (Å²) in [5, 5.41) is 15.5. The van der Waals surface area contributed by atoms with Gasteiger partial charge < -0.3 is 20.5 Å². The molecule has 186 valence electrons. The van der Waals surface area contributed by atoms with Crippen molar-refractivity contribution in [2.45, 2.75) is 0 Å². The molecule has 2 heterocycles. The van der Waals surface area contributed by atoms with Crippen molar-refractivity contribution in [2.24, 2.45) is 0 Å². The molecule has 2 aromatic carbocycles. The number of rotatable bonds is 9. The highest BCUT2D eigenvalue weighted by atomic mass is 32.2. The Kier molecular flexibility index (Phi) is 7.63. The lowest BCUT2D eigenvalue weighted by atomic mass is 10.2. The summed E-state index contributed by atoms with van der Waals surface area (Å²) in [6.07, 6.45) is 2.15. The molecule has 3 N–H and O–H groups in total. The first-order valence-corrected chi connectivity index (χ1v) is 12.9. The first kappa shape index (κ1) is 24.6. The van der Waals surface area contributed by atoms with Crippen molar-refractivity contribution in [1.82, 2.24) is 14.9 Å². The molecule has 35 heavy (non-hydrogen) atoms. The number of halogens is 1. The fraction of sp³-hybridized carbons (Fsp3) is 0.304. The van der Waals surface area contributed by atoms with E-state index in [0.29, 0.717) is 36.8 Å². The highest BCUT2D eigenvalue weighted by Gasteiger charge is 2.23. The van der Waals surface area contributed by atoms with E-state index < -0.39 is 15.8 Å². The van der Waals surface area contributed by atoms with Gasteiger partial charge in [-0.15, -0.1) is 0 Å². The molecule has 12 heteroatoms. The number of aromatic hydroxyl groups is 1. The number of phenols is 1. The summed E-state index contributed by atoms with van der Waals surface area (Å²) < 4.78 is 46.6. The number of hydrogen-bond acceptors (Lipinski definition) is 9. The van der Waals surface area contributed by atoms with Gasteiger partial charge in [-0.2, -0.15) is 4.98 Å². The minimum Gasteiger partial charge on any atom is -0.508 e. The summed E-state index contributed by atoms with van der Waals surface area (Å²) in [6, 6.07) is 13.1. The first-order valence-electron chi connectivity index (χ1n) is 11.0. The van der Waals surface area contributed by atoms with Gasteiger partial charge in [0.15, 0.2) is 11.6 Å². The Balaban J connectivity index is 1.58. The number of nitrogens with zero attached hydrogens (tertiary/aromatic N) is 4. The van der Waals surface area contributed by atoms with Crippen molar-refractivity contribution >= 4 is 38.9 Å². The summed E-state index contributed by atoms with van der Waals surface area (Å²) in [4.78, 5) is 10.3. The predicted octanol–water partition coefficient (Wildman–Crippen LogP) is 2.91. The van der Waals surface area contributed by atoms with E-state index in [1.807, 2.05) is 0 Å². The monoisotopic (exact) mass is 502 g/mol. The number of morpholine rings is 1. The van der Waals surface area contributed by atoms with E-state index in [1.165, 1.54) is 16.4 Å². The van der Waals surface area contributed by atoms with E-state index in [2.05, 4.69) is 25.5 Å². The summed E-state index contributed by atoms with van der Waals surface area (Å²) in [7, 11) is -3.62. The van der Waals surface area contributed by atoms with Gasteiger partial charge in [-0.3, -0.25) is 9.21 Å². The summed E-state index contributed by atoms with van der Waals surface area (Å²) >= 11 is 0. The van der Waals surface area contributed by atoms with Gasteiger partial charge in [-0.05, 0) is 24.3 Å². The topological polar surface area (TPSA) is 120 Å². The number of para-hydroxylation sites is 2. The average Bonchev–Trinajstić information content (AvgIpc) is 2.82. The van der Waals surface area contributed by atoms with E-state index >= 15 is 0 Å². The number of phenolic OH excluding ortho intramolecular Hbond substituents is 1. The Morgan fingerprint density at radius 2 is 1.91 bits per heavy atom. The number of sulfonamides is 1. The van der Waals surface area contributed by atoms with Crippen LogP contribution in [0.2, 0.25) is 0 Å². The van der Waals surface area contributed by atoms with Gasteiger partial charge in [0.25, 0.3) is 0 Å². The van der Waals surface area contributed by atoms with Gasteiger partial charge in [0.05, 0.1) is 37.0 Å². The molecule has 1 aromatic heterocycles. The van der Waals surface area contributed by atoms with E-state index in [-0.39, 0.29) is 24.1 Å². The summed E-state index contributed by atoms with van der Waals surface area (Å²) in [5.41, 5.74) is 1.28. The molecular weight excluding hydrogens is 475 g/mol. The Hall–Kier alpha value is -3.48. The number of ether oxygens (including phenoxy) is 1. The van der Waals surface area contributed by atoms with Crippen LogP contribution in [0.1, 0.15) is 0 Å². The zero-order chi connectivity index (χ0) is 24.8. The van der Waals surface area contributed by atoms with Crippen molar-refractivity contribution in [1.29, 1.82) is 0 Å². The second-order valence-corrected chi connectivity index (χ2v) is 9.90. The lowest BCUT2D eigenvalue weighted by molar-refractivity contribution is 0.0395. The second-order valence-electron chi connectivity index (χ2n) is 8.00.